The van der Waals surface area contributed by atoms with Gasteiger partial charge in [0, 0.05) is 11.1 Å². The summed E-state index contributed by atoms with van der Waals surface area (Å²) >= 11 is 0. The number of hydrogen-bond donors (Lipinski definition) is 0. The van der Waals surface area contributed by atoms with Crippen LogP contribution in [0.15, 0.2) is 78.9 Å². The molecule has 0 saturated heterocycles. The molecule has 0 atom stereocenters. The van der Waals surface area contributed by atoms with E-state index in [1.807, 2.05) is 0 Å². The third kappa shape index (κ3) is 4.77. The molecule has 4 heteroatoms. The Kier molecular flexibility index (Phi) is 8.94. The molecule has 156 valence electrons. The second-order valence-electron chi connectivity index (χ2n) is 7.87. The molecule has 0 N–H and O–H groups in total. The number of rotatable bonds is 1. The average Bonchev–Trinajstić information content (AvgIpc) is 3.47. The zero-order chi connectivity index (χ0) is 19.1. The Hall–Kier alpha value is -1.61. The molecule has 0 aliphatic heterocycles. The first-order chi connectivity index (χ1) is 13.7. The molecule has 0 amide bonds. The molecule has 0 bridgehead atoms. The maximum Gasteiger partial charge on any atom is 4.00 e. The topological polar surface area (TPSA) is 4.93 Å². The fourth-order valence-electron chi connectivity index (χ4n) is 4.49. The molecule has 1 heterocycles. The van der Waals surface area contributed by atoms with E-state index in [-0.39, 0.29) is 50.7 Å². The van der Waals surface area contributed by atoms with Gasteiger partial charge in [0.05, 0.1) is 5.52 Å². The Morgan fingerprint density at radius 2 is 1.65 bits per heavy atom. The number of nitrogens with zero attached hydrogens (tertiary/aromatic N) is 1. The summed E-state index contributed by atoms with van der Waals surface area (Å²) < 4.78 is 2.48. The Labute approximate surface area is 215 Å². The number of benzene rings is 2. The maximum atomic E-state index is 2.48. The second kappa shape index (κ2) is 10.8. The third-order valence-corrected chi connectivity index (χ3v) is 6.10. The Bertz CT molecular complexity index is 1230. The van der Waals surface area contributed by atoms with Crippen LogP contribution < -0.4 is 24.8 Å². The van der Waals surface area contributed by atoms with E-state index >= 15 is 0 Å². The van der Waals surface area contributed by atoms with Crippen LogP contribution in [0.25, 0.3) is 27.4 Å². The molecule has 0 spiro atoms. The second-order valence-corrected chi connectivity index (χ2v) is 7.87. The third-order valence-electron chi connectivity index (χ3n) is 6.10. The smallest absolute Gasteiger partial charge is 1.00 e. The van der Waals surface area contributed by atoms with E-state index in [1.165, 1.54) is 63.4 Å². The van der Waals surface area contributed by atoms with Crippen LogP contribution in [0, 0.1) is 13.8 Å². The van der Waals surface area contributed by atoms with Crippen molar-refractivity contribution >= 4 is 21.7 Å². The number of aromatic nitrogens is 1. The van der Waals surface area contributed by atoms with Crippen LogP contribution in [0.3, 0.4) is 0 Å². The molecule has 6 rings (SSSR count). The maximum absolute atomic E-state index is 2.48. The minimum absolute atomic E-state index is 0. The van der Waals surface area contributed by atoms with E-state index in [0.717, 1.165) is 0 Å². The molecular weight excluding hydrogens is 588 g/mol. The zero-order valence-corrected chi connectivity index (χ0v) is 22.9. The van der Waals surface area contributed by atoms with Crippen LogP contribution in [-0.2, 0) is 38.7 Å². The molecule has 1 aliphatic rings. The van der Waals surface area contributed by atoms with Crippen molar-refractivity contribution in [2.75, 3.05) is 0 Å². The van der Waals surface area contributed by atoms with Gasteiger partial charge in [0.15, 0.2) is 0 Å². The SMILES string of the molecule is Cc1ccc[c-]1C.[Cl-].[Cl-].[Hf+4].c1ccc2[cH-]c(-n3c4c(c5ccccc53)CCC4)cc2c1. The monoisotopic (exact) mass is 613 g/mol. The summed E-state index contributed by atoms with van der Waals surface area (Å²) in [5.41, 5.74) is 8.54. The van der Waals surface area contributed by atoms with E-state index in [2.05, 4.69) is 97.3 Å². The summed E-state index contributed by atoms with van der Waals surface area (Å²) in [6.07, 6.45) is 3.71. The van der Waals surface area contributed by atoms with E-state index < -0.39 is 0 Å². The molecular formula is C27H25Cl2HfN. The first-order valence-electron chi connectivity index (χ1n) is 10.2. The summed E-state index contributed by atoms with van der Waals surface area (Å²) in [6.45, 7) is 4.24. The van der Waals surface area contributed by atoms with E-state index in [4.69, 9.17) is 0 Å². The summed E-state index contributed by atoms with van der Waals surface area (Å²) in [6, 6.07) is 28.4. The van der Waals surface area contributed by atoms with Gasteiger partial charge in [-0.25, -0.2) is 12.1 Å². The number of fused-ring (bicyclic) bond motifs is 4. The van der Waals surface area contributed by atoms with Gasteiger partial charge in [-0.1, -0.05) is 38.1 Å². The predicted molar refractivity (Wildman–Crippen MR) is 120 cm³/mol. The molecule has 0 saturated carbocycles. The van der Waals surface area contributed by atoms with Crippen LogP contribution in [0.5, 0.6) is 0 Å². The van der Waals surface area contributed by atoms with Gasteiger partial charge in [-0.3, -0.25) is 0 Å². The normalized spacial score (nSPS) is 11.7. The Morgan fingerprint density at radius 1 is 0.903 bits per heavy atom. The first-order valence-corrected chi connectivity index (χ1v) is 10.2. The van der Waals surface area contributed by atoms with Gasteiger partial charge < -0.3 is 29.4 Å². The van der Waals surface area contributed by atoms with Crippen LogP contribution in [-0.4, -0.2) is 4.57 Å². The van der Waals surface area contributed by atoms with Gasteiger partial charge >= 0.3 is 25.8 Å². The van der Waals surface area contributed by atoms with Crippen molar-refractivity contribution in [2.45, 2.75) is 33.1 Å². The largest absolute Gasteiger partial charge is 4.00 e. The van der Waals surface area contributed by atoms with Gasteiger partial charge in [0.2, 0.25) is 0 Å². The molecule has 0 radical (unpaired) electrons. The summed E-state index contributed by atoms with van der Waals surface area (Å²) in [5.74, 6) is 0. The van der Waals surface area contributed by atoms with Crippen LogP contribution in [0.4, 0.5) is 0 Å². The standard InChI is InChI=1S/C20H16N.C7H9.2ClH.Hf/c1-2-7-15-13-16(12-14(15)6-1)21-19-10-4-3-8-17(19)18-9-5-11-20(18)21;1-6-4-3-5-7(6)2;;;/h1-4,6-8,10,12-13H,5,9,11H2;3-5H,1-2H3;2*1H;/q2*-1;;;+4/p-2. The van der Waals surface area contributed by atoms with E-state index in [1.54, 1.807) is 5.56 Å². The summed E-state index contributed by atoms with van der Waals surface area (Å²) in [5, 5.41) is 4.10. The van der Waals surface area contributed by atoms with Crippen molar-refractivity contribution in [3.63, 3.8) is 0 Å². The summed E-state index contributed by atoms with van der Waals surface area (Å²) in [4.78, 5) is 0. The van der Waals surface area contributed by atoms with E-state index in [0.29, 0.717) is 0 Å². The van der Waals surface area contributed by atoms with Crippen LogP contribution in [0.2, 0.25) is 0 Å². The van der Waals surface area contributed by atoms with E-state index in [9.17, 15) is 0 Å². The van der Waals surface area contributed by atoms with Gasteiger partial charge in [0.1, 0.15) is 0 Å². The van der Waals surface area contributed by atoms with Gasteiger partial charge in [-0.2, -0.15) is 17.2 Å². The number of hydrogen-bond acceptors (Lipinski definition) is 0. The predicted octanol–water partition coefficient (Wildman–Crippen LogP) is 1.02. The quantitative estimate of drug-likeness (QED) is 0.197. The average molecular weight is 613 g/mol. The van der Waals surface area contributed by atoms with Crippen molar-refractivity contribution < 1.29 is 50.7 Å². The fraction of sp³-hybridized carbons (Fsp3) is 0.185. The Balaban J connectivity index is 0.000000298. The minimum Gasteiger partial charge on any atom is -1.00 e. The van der Waals surface area contributed by atoms with Gasteiger partial charge in [0.25, 0.3) is 0 Å². The summed E-state index contributed by atoms with van der Waals surface area (Å²) in [7, 11) is 0. The number of halogens is 2. The number of aryl methyl sites for hydroxylation is 3. The van der Waals surface area contributed by atoms with Crippen molar-refractivity contribution in [2.24, 2.45) is 0 Å². The van der Waals surface area contributed by atoms with Crippen LogP contribution in [0.1, 0.15) is 28.8 Å². The molecule has 1 aromatic heterocycles. The van der Waals surface area contributed by atoms with Crippen LogP contribution >= 0.6 is 0 Å². The molecule has 0 unspecified atom stereocenters. The van der Waals surface area contributed by atoms with Crippen molar-refractivity contribution in [3.05, 3.63) is 101 Å². The molecule has 31 heavy (non-hydrogen) atoms. The molecule has 4 aromatic carbocycles. The molecule has 0 fully saturated rings. The van der Waals surface area contributed by atoms with Gasteiger partial charge in [-0.05, 0) is 36.6 Å². The molecule has 5 aromatic rings. The minimum atomic E-state index is 0. The van der Waals surface area contributed by atoms with Crippen molar-refractivity contribution in [3.8, 4) is 5.69 Å². The van der Waals surface area contributed by atoms with Gasteiger partial charge in [-0.15, -0.1) is 41.1 Å². The number of para-hydroxylation sites is 1. The van der Waals surface area contributed by atoms with Crippen molar-refractivity contribution in [1.29, 1.82) is 0 Å². The fourth-order valence-corrected chi connectivity index (χ4v) is 4.49. The van der Waals surface area contributed by atoms with Crippen molar-refractivity contribution in [1.82, 2.24) is 4.57 Å². The molecule has 1 nitrogen and oxygen atoms in total. The first kappa shape index (κ1) is 25.6. The molecule has 1 aliphatic carbocycles. The zero-order valence-electron chi connectivity index (χ0n) is 17.8. The Morgan fingerprint density at radius 3 is 2.32 bits per heavy atom.